The summed E-state index contributed by atoms with van der Waals surface area (Å²) in [5.41, 5.74) is 0.774. The molecule has 0 spiro atoms. The number of carboxylic acid groups (broad SMARTS) is 1. The van der Waals surface area contributed by atoms with Gasteiger partial charge in [0.15, 0.2) is 5.82 Å². The van der Waals surface area contributed by atoms with Gasteiger partial charge in [-0.15, -0.1) is 0 Å². The first-order chi connectivity index (χ1) is 9.65. The first-order valence-corrected chi connectivity index (χ1v) is 5.73. The molecule has 1 aromatic carbocycles. The molecule has 0 aliphatic heterocycles. The highest BCUT2D eigenvalue weighted by Gasteiger charge is 2.11. The van der Waals surface area contributed by atoms with Crippen LogP contribution in [0.15, 0.2) is 42.9 Å². The molecule has 2 N–H and O–H groups in total. The van der Waals surface area contributed by atoms with Crippen molar-refractivity contribution in [1.82, 2.24) is 14.6 Å². The van der Waals surface area contributed by atoms with Crippen molar-refractivity contribution in [3.8, 4) is 0 Å². The van der Waals surface area contributed by atoms with Crippen LogP contribution in [0.1, 0.15) is 10.4 Å². The van der Waals surface area contributed by atoms with Crippen LogP contribution < -0.4 is 5.32 Å². The summed E-state index contributed by atoms with van der Waals surface area (Å²) in [6.45, 7) is 0. The fourth-order valence-electron chi connectivity index (χ4n) is 1.86. The number of nitrogens with zero attached hydrogens (tertiary/aromatic N) is 3. The summed E-state index contributed by atoms with van der Waals surface area (Å²) < 4.78 is 15.2. The van der Waals surface area contributed by atoms with Crippen molar-refractivity contribution in [3.63, 3.8) is 0 Å². The summed E-state index contributed by atoms with van der Waals surface area (Å²) in [4.78, 5) is 14.9. The second kappa shape index (κ2) is 4.61. The SMILES string of the molecule is O=C(O)c1ccc(Nc2nccn3nccc23)cc1F. The molecule has 2 aromatic heterocycles. The van der Waals surface area contributed by atoms with E-state index >= 15 is 0 Å². The topological polar surface area (TPSA) is 79.5 Å². The van der Waals surface area contributed by atoms with Gasteiger partial charge in [-0.1, -0.05) is 0 Å². The van der Waals surface area contributed by atoms with Gasteiger partial charge in [0, 0.05) is 18.1 Å². The number of benzene rings is 1. The Morgan fingerprint density at radius 1 is 1.30 bits per heavy atom. The highest BCUT2D eigenvalue weighted by Crippen LogP contribution is 2.21. The minimum atomic E-state index is -1.30. The Hall–Kier alpha value is -2.96. The van der Waals surface area contributed by atoms with Gasteiger partial charge < -0.3 is 10.4 Å². The second-order valence-corrected chi connectivity index (χ2v) is 4.06. The van der Waals surface area contributed by atoms with Crippen LogP contribution in [0, 0.1) is 5.82 Å². The van der Waals surface area contributed by atoms with Crippen molar-refractivity contribution in [2.24, 2.45) is 0 Å². The van der Waals surface area contributed by atoms with E-state index in [1.54, 1.807) is 29.2 Å². The number of nitrogens with one attached hydrogen (secondary N) is 1. The molecule has 20 heavy (non-hydrogen) atoms. The van der Waals surface area contributed by atoms with Crippen LogP contribution in [0.3, 0.4) is 0 Å². The molecule has 100 valence electrons. The summed E-state index contributed by atoms with van der Waals surface area (Å²) in [6, 6.07) is 5.56. The largest absolute Gasteiger partial charge is 0.478 e. The van der Waals surface area contributed by atoms with Gasteiger partial charge in [0.1, 0.15) is 11.3 Å². The zero-order valence-corrected chi connectivity index (χ0v) is 10.1. The van der Waals surface area contributed by atoms with Gasteiger partial charge in [-0.2, -0.15) is 5.10 Å². The van der Waals surface area contributed by atoms with Crippen molar-refractivity contribution in [2.75, 3.05) is 5.32 Å². The number of carbonyl (C=O) groups is 1. The standard InChI is InChI=1S/C13H9FN4O2/c14-10-7-8(1-2-9(10)13(19)20)17-12-11-3-4-16-18(11)6-5-15-12/h1-7H,(H,15,17)(H,19,20). The molecule has 0 saturated heterocycles. The van der Waals surface area contributed by atoms with Crippen molar-refractivity contribution < 1.29 is 14.3 Å². The number of rotatable bonds is 3. The van der Waals surface area contributed by atoms with Gasteiger partial charge in [-0.3, -0.25) is 0 Å². The molecular formula is C13H9FN4O2. The molecule has 0 atom stereocenters. The van der Waals surface area contributed by atoms with E-state index < -0.39 is 11.8 Å². The zero-order valence-electron chi connectivity index (χ0n) is 10.1. The van der Waals surface area contributed by atoms with E-state index in [1.807, 2.05) is 0 Å². The number of halogens is 1. The molecule has 3 rings (SSSR count). The van der Waals surface area contributed by atoms with Crippen LogP contribution in [0.4, 0.5) is 15.9 Å². The van der Waals surface area contributed by atoms with E-state index in [2.05, 4.69) is 15.4 Å². The summed E-state index contributed by atoms with van der Waals surface area (Å²) in [6.07, 6.45) is 4.87. The molecule has 0 saturated carbocycles. The molecule has 3 aromatic rings. The Kier molecular flexibility index (Phi) is 2.79. The lowest BCUT2D eigenvalue weighted by Gasteiger charge is -2.07. The van der Waals surface area contributed by atoms with Crippen LogP contribution in [0.5, 0.6) is 0 Å². The summed E-state index contributed by atoms with van der Waals surface area (Å²) >= 11 is 0. The van der Waals surface area contributed by atoms with E-state index in [0.29, 0.717) is 11.5 Å². The van der Waals surface area contributed by atoms with Gasteiger partial charge in [-0.25, -0.2) is 18.7 Å². The van der Waals surface area contributed by atoms with Gasteiger partial charge in [0.2, 0.25) is 0 Å². The first-order valence-electron chi connectivity index (χ1n) is 5.73. The predicted molar refractivity (Wildman–Crippen MR) is 69.6 cm³/mol. The summed E-state index contributed by atoms with van der Waals surface area (Å²) in [5.74, 6) is -1.60. The number of hydrogen-bond acceptors (Lipinski definition) is 4. The fraction of sp³-hybridized carbons (Fsp3) is 0. The smallest absolute Gasteiger partial charge is 0.338 e. The normalized spacial score (nSPS) is 10.7. The van der Waals surface area contributed by atoms with Crippen molar-refractivity contribution in [1.29, 1.82) is 0 Å². The van der Waals surface area contributed by atoms with Crippen molar-refractivity contribution >= 4 is 23.0 Å². The summed E-state index contributed by atoms with van der Waals surface area (Å²) in [5, 5.41) is 15.8. The Labute approximate surface area is 112 Å². The molecule has 2 heterocycles. The lowest BCUT2D eigenvalue weighted by atomic mass is 10.2. The predicted octanol–water partition coefficient (Wildman–Crippen LogP) is 2.31. The van der Waals surface area contributed by atoms with Gasteiger partial charge in [-0.05, 0) is 24.3 Å². The van der Waals surface area contributed by atoms with Crippen LogP contribution >= 0.6 is 0 Å². The quantitative estimate of drug-likeness (QED) is 0.764. The molecule has 0 bridgehead atoms. The number of fused-ring (bicyclic) bond motifs is 1. The highest BCUT2D eigenvalue weighted by molar-refractivity contribution is 5.88. The Bertz CT molecular complexity index is 800. The lowest BCUT2D eigenvalue weighted by Crippen LogP contribution is -2.02. The zero-order chi connectivity index (χ0) is 14.1. The average Bonchev–Trinajstić information content (AvgIpc) is 2.87. The number of carboxylic acids is 1. The van der Waals surface area contributed by atoms with Gasteiger partial charge >= 0.3 is 5.97 Å². The number of hydrogen-bond donors (Lipinski definition) is 2. The van der Waals surface area contributed by atoms with Crippen LogP contribution in [-0.4, -0.2) is 25.7 Å². The van der Waals surface area contributed by atoms with E-state index in [4.69, 9.17) is 5.11 Å². The van der Waals surface area contributed by atoms with Crippen LogP contribution in [0.2, 0.25) is 0 Å². The van der Waals surface area contributed by atoms with Gasteiger partial charge in [0.25, 0.3) is 0 Å². The Balaban J connectivity index is 1.97. The number of aromatic nitrogens is 3. The summed E-state index contributed by atoms with van der Waals surface area (Å²) in [7, 11) is 0. The molecule has 7 heteroatoms. The molecule has 0 amide bonds. The molecule has 0 aliphatic carbocycles. The van der Waals surface area contributed by atoms with Crippen molar-refractivity contribution in [3.05, 3.63) is 54.2 Å². The highest BCUT2D eigenvalue weighted by atomic mass is 19.1. The van der Waals surface area contributed by atoms with Crippen molar-refractivity contribution in [2.45, 2.75) is 0 Å². The van der Waals surface area contributed by atoms with E-state index in [9.17, 15) is 9.18 Å². The third kappa shape index (κ3) is 2.05. The first kappa shape index (κ1) is 12.1. The molecule has 0 radical (unpaired) electrons. The minimum absolute atomic E-state index is 0.369. The maximum atomic E-state index is 13.6. The maximum Gasteiger partial charge on any atom is 0.338 e. The van der Waals surface area contributed by atoms with E-state index in [1.165, 1.54) is 12.1 Å². The average molecular weight is 272 g/mol. The van der Waals surface area contributed by atoms with E-state index in [0.717, 1.165) is 11.6 Å². The molecule has 0 fully saturated rings. The molecule has 6 nitrogen and oxygen atoms in total. The van der Waals surface area contributed by atoms with Crippen LogP contribution in [0.25, 0.3) is 5.52 Å². The minimum Gasteiger partial charge on any atom is -0.478 e. The molecule has 0 aliphatic rings. The maximum absolute atomic E-state index is 13.6. The fourth-order valence-corrected chi connectivity index (χ4v) is 1.86. The van der Waals surface area contributed by atoms with Gasteiger partial charge in [0.05, 0.1) is 11.8 Å². The Morgan fingerprint density at radius 3 is 2.90 bits per heavy atom. The monoisotopic (exact) mass is 272 g/mol. The van der Waals surface area contributed by atoms with E-state index in [-0.39, 0.29) is 5.56 Å². The van der Waals surface area contributed by atoms with Crippen LogP contribution in [-0.2, 0) is 0 Å². The lowest BCUT2D eigenvalue weighted by molar-refractivity contribution is 0.0692. The third-order valence-corrected chi connectivity index (χ3v) is 2.79. The Morgan fingerprint density at radius 2 is 2.15 bits per heavy atom. The third-order valence-electron chi connectivity index (χ3n) is 2.79. The molecular weight excluding hydrogens is 263 g/mol. The number of aromatic carboxylic acids is 1. The number of anilines is 2. The molecule has 0 unspecified atom stereocenters. The second-order valence-electron chi connectivity index (χ2n) is 4.06.